The number of carbonyl (C=O) groups is 1. The normalized spacial score (nSPS) is 24.3. The van der Waals surface area contributed by atoms with Gasteiger partial charge in [-0.1, -0.05) is 19.1 Å². The second kappa shape index (κ2) is 4.85. The Balaban J connectivity index is 2.57. The summed E-state index contributed by atoms with van der Waals surface area (Å²) in [4.78, 5) is 11.1. The first-order valence-electron chi connectivity index (χ1n) is 6.22. The van der Waals surface area contributed by atoms with Gasteiger partial charge in [-0.15, -0.1) is 0 Å². The van der Waals surface area contributed by atoms with Crippen LogP contribution in [0.5, 0.6) is 0 Å². The Hall–Kier alpha value is -1.56. The predicted octanol–water partition coefficient (Wildman–Crippen LogP) is 1.68. The van der Waals surface area contributed by atoms with Gasteiger partial charge in [0.25, 0.3) is 0 Å². The van der Waals surface area contributed by atoms with Crippen LogP contribution in [-0.2, 0) is 21.1 Å². The average molecular weight is 283 g/mol. The Bertz CT molecular complexity index is 609. The molecular weight excluding hydrogens is 266 g/mol. The molecule has 2 unspecified atom stereocenters. The van der Waals surface area contributed by atoms with Crippen LogP contribution in [0.2, 0.25) is 0 Å². The number of hydrogen-bond donors (Lipinski definition) is 2. The number of nitrogens with one attached hydrogen (secondary N) is 1. The molecule has 0 radical (unpaired) electrons. The van der Waals surface area contributed by atoms with Gasteiger partial charge in [0.1, 0.15) is 0 Å². The largest absolute Gasteiger partial charge is 0.481 e. The number of aliphatic carboxylic acids is 1. The molecule has 2 atom stereocenters. The van der Waals surface area contributed by atoms with E-state index >= 15 is 0 Å². The molecule has 19 heavy (non-hydrogen) atoms. The van der Waals surface area contributed by atoms with Crippen molar-refractivity contribution >= 4 is 21.5 Å². The van der Waals surface area contributed by atoms with Crippen molar-refractivity contribution in [2.75, 3.05) is 5.32 Å². The molecule has 6 heteroatoms. The number of aryl methyl sites for hydroxylation is 1. The number of sulfone groups is 1. The van der Waals surface area contributed by atoms with Gasteiger partial charge in [-0.25, -0.2) is 8.42 Å². The van der Waals surface area contributed by atoms with E-state index in [0.29, 0.717) is 5.69 Å². The van der Waals surface area contributed by atoms with Gasteiger partial charge >= 0.3 is 5.97 Å². The molecule has 0 bridgehead atoms. The van der Waals surface area contributed by atoms with Crippen molar-refractivity contribution in [1.82, 2.24) is 0 Å². The van der Waals surface area contributed by atoms with Gasteiger partial charge in [-0.3, -0.25) is 4.79 Å². The molecule has 0 aliphatic carbocycles. The van der Waals surface area contributed by atoms with Gasteiger partial charge in [-0.2, -0.15) is 0 Å². The average Bonchev–Trinajstić information content (AvgIpc) is 2.34. The zero-order valence-electron chi connectivity index (χ0n) is 10.9. The standard InChI is InChI=1S/C13H17NO4S/c1-3-9-5-4-6-10-13(9)14-8(2)11(7-12(15)16)19(10,17)18/h4-6,8,11,14H,3,7H2,1-2H3,(H,15,16). The maximum absolute atomic E-state index is 12.5. The summed E-state index contributed by atoms with van der Waals surface area (Å²) in [6.45, 7) is 3.67. The molecule has 1 heterocycles. The van der Waals surface area contributed by atoms with E-state index in [1.54, 1.807) is 13.0 Å². The van der Waals surface area contributed by atoms with E-state index in [1.807, 2.05) is 13.0 Å². The summed E-state index contributed by atoms with van der Waals surface area (Å²) in [6, 6.07) is 4.70. The summed E-state index contributed by atoms with van der Waals surface area (Å²) in [5.74, 6) is -1.10. The zero-order valence-corrected chi connectivity index (χ0v) is 11.7. The van der Waals surface area contributed by atoms with E-state index in [1.165, 1.54) is 6.07 Å². The maximum atomic E-state index is 12.5. The Labute approximate surface area is 112 Å². The summed E-state index contributed by atoms with van der Waals surface area (Å²) in [7, 11) is -3.60. The maximum Gasteiger partial charge on any atom is 0.304 e. The number of benzene rings is 1. The van der Waals surface area contributed by atoms with Gasteiger partial charge in [0.05, 0.1) is 22.3 Å². The molecule has 0 fully saturated rings. The lowest BCUT2D eigenvalue weighted by atomic mass is 10.1. The lowest BCUT2D eigenvalue weighted by Gasteiger charge is -2.32. The van der Waals surface area contributed by atoms with Crippen LogP contribution in [0.15, 0.2) is 23.1 Å². The zero-order chi connectivity index (χ0) is 14.2. The van der Waals surface area contributed by atoms with Gasteiger partial charge < -0.3 is 10.4 Å². The molecule has 104 valence electrons. The lowest BCUT2D eigenvalue weighted by Crippen LogP contribution is -2.43. The lowest BCUT2D eigenvalue weighted by molar-refractivity contribution is -0.137. The van der Waals surface area contributed by atoms with Crippen LogP contribution >= 0.6 is 0 Å². The first-order valence-corrected chi connectivity index (χ1v) is 7.76. The fourth-order valence-electron chi connectivity index (χ4n) is 2.48. The summed E-state index contributed by atoms with van der Waals surface area (Å²) in [5.41, 5.74) is 1.56. The minimum atomic E-state index is -3.60. The fourth-order valence-corrected chi connectivity index (χ4v) is 4.52. The third-order valence-electron chi connectivity index (χ3n) is 3.50. The van der Waals surface area contributed by atoms with Gasteiger partial charge in [0.15, 0.2) is 9.84 Å². The molecule has 0 spiro atoms. The van der Waals surface area contributed by atoms with Gasteiger partial charge in [0.2, 0.25) is 0 Å². The number of hydrogen-bond acceptors (Lipinski definition) is 4. The van der Waals surface area contributed by atoms with E-state index in [4.69, 9.17) is 5.11 Å². The molecule has 2 rings (SSSR count). The first-order chi connectivity index (χ1) is 8.87. The molecule has 1 aliphatic rings. The highest BCUT2D eigenvalue weighted by Crippen LogP contribution is 2.36. The van der Waals surface area contributed by atoms with Crippen LogP contribution in [0, 0.1) is 0 Å². The highest BCUT2D eigenvalue weighted by Gasteiger charge is 2.40. The van der Waals surface area contributed by atoms with Gasteiger partial charge in [-0.05, 0) is 25.0 Å². The molecule has 0 aromatic heterocycles. The summed E-state index contributed by atoms with van der Waals surface area (Å²) >= 11 is 0. The molecule has 0 saturated heterocycles. The molecule has 1 aromatic rings. The Morgan fingerprint density at radius 1 is 1.42 bits per heavy atom. The van der Waals surface area contributed by atoms with Crippen LogP contribution in [-0.4, -0.2) is 30.8 Å². The van der Waals surface area contributed by atoms with E-state index in [-0.39, 0.29) is 11.3 Å². The monoisotopic (exact) mass is 283 g/mol. The molecule has 1 aromatic carbocycles. The Morgan fingerprint density at radius 3 is 2.68 bits per heavy atom. The van der Waals surface area contributed by atoms with Crippen LogP contribution in [0.3, 0.4) is 0 Å². The molecule has 2 N–H and O–H groups in total. The number of carboxylic acids is 1. The van der Waals surface area contributed by atoms with E-state index in [0.717, 1.165) is 12.0 Å². The Kier molecular flexibility index (Phi) is 3.54. The van der Waals surface area contributed by atoms with Crippen LogP contribution in [0.1, 0.15) is 25.8 Å². The van der Waals surface area contributed by atoms with Crippen molar-refractivity contribution in [1.29, 1.82) is 0 Å². The second-order valence-electron chi connectivity index (χ2n) is 4.76. The van der Waals surface area contributed by atoms with E-state index in [9.17, 15) is 13.2 Å². The van der Waals surface area contributed by atoms with Crippen LogP contribution in [0.4, 0.5) is 5.69 Å². The summed E-state index contributed by atoms with van der Waals surface area (Å²) in [6.07, 6.45) is 0.342. The van der Waals surface area contributed by atoms with Crippen molar-refractivity contribution in [2.24, 2.45) is 0 Å². The van der Waals surface area contributed by atoms with Gasteiger partial charge in [0, 0.05) is 6.04 Å². The SMILES string of the molecule is CCc1cccc2c1NC(C)C(CC(=O)O)S2(=O)=O. The minimum Gasteiger partial charge on any atom is -0.481 e. The number of rotatable bonds is 3. The van der Waals surface area contributed by atoms with Crippen molar-refractivity contribution in [3.63, 3.8) is 0 Å². The number of anilines is 1. The molecular formula is C13H17NO4S. The van der Waals surface area contributed by atoms with E-state index in [2.05, 4.69) is 5.32 Å². The second-order valence-corrected chi connectivity index (χ2v) is 6.89. The third kappa shape index (κ3) is 2.32. The molecule has 0 amide bonds. The predicted molar refractivity (Wildman–Crippen MR) is 72.1 cm³/mol. The number of para-hydroxylation sites is 1. The van der Waals surface area contributed by atoms with Crippen LogP contribution < -0.4 is 5.32 Å². The summed E-state index contributed by atoms with van der Waals surface area (Å²) in [5, 5.41) is 11.1. The molecule has 1 aliphatic heterocycles. The number of fused-ring (bicyclic) bond motifs is 1. The molecule has 5 nitrogen and oxygen atoms in total. The minimum absolute atomic E-state index is 0.219. The Morgan fingerprint density at radius 2 is 2.11 bits per heavy atom. The number of carboxylic acid groups (broad SMARTS) is 1. The smallest absolute Gasteiger partial charge is 0.304 e. The van der Waals surface area contributed by atoms with Crippen LogP contribution in [0.25, 0.3) is 0 Å². The molecule has 0 saturated carbocycles. The third-order valence-corrected chi connectivity index (χ3v) is 5.83. The fraction of sp³-hybridized carbons (Fsp3) is 0.462. The van der Waals surface area contributed by atoms with Crippen molar-refractivity contribution in [2.45, 2.75) is 42.9 Å². The van der Waals surface area contributed by atoms with Crippen molar-refractivity contribution in [3.05, 3.63) is 23.8 Å². The van der Waals surface area contributed by atoms with E-state index < -0.39 is 27.1 Å². The highest BCUT2D eigenvalue weighted by atomic mass is 32.2. The van der Waals surface area contributed by atoms with Crippen molar-refractivity contribution < 1.29 is 18.3 Å². The topological polar surface area (TPSA) is 83.5 Å². The van der Waals surface area contributed by atoms with Crippen molar-refractivity contribution in [3.8, 4) is 0 Å². The first kappa shape index (κ1) is 13.9. The summed E-state index contributed by atoms with van der Waals surface area (Å²) < 4.78 is 25.0. The quantitative estimate of drug-likeness (QED) is 0.881. The highest BCUT2D eigenvalue weighted by molar-refractivity contribution is 7.92.